The van der Waals surface area contributed by atoms with E-state index in [1.165, 1.54) is 0 Å². The Morgan fingerprint density at radius 3 is 2.65 bits per heavy atom. The molecule has 1 aliphatic rings. The molecule has 7 nitrogen and oxygen atoms in total. The molecule has 4 aromatic rings. The fourth-order valence-corrected chi connectivity index (χ4v) is 4.55. The second kappa shape index (κ2) is 8.20. The standard InChI is InChI=1S/C23H20N6OS/c24-13-16-1-6-21(25-14-16)28-9-7-18(8-10-28)22(30)26-19-4-2-17(3-5-19)20-15-29-11-12-31-23(29)27-20/h1-6,11-12,14-15,18H,7-10H2,(H,26,30). The molecule has 1 saturated heterocycles. The molecule has 0 radical (unpaired) electrons. The van der Waals surface area contributed by atoms with Gasteiger partial charge in [0.15, 0.2) is 4.96 Å². The van der Waals surface area contributed by atoms with E-state index in [2.05, 4.69) is 26.3 Å². The van der Waals surface area contributed by atoms with E-state index in [9.17, 15) is 4.79 Å². The van der Waals surface area contributed by atoms with Gasteiger partial charge in [0.25, 0.3) is 0 Å². The van der Waals surface area contributed by atoms with E-state index in [1.807, 2.05) is 52.5 Å². The summed E-state index contributed by atoms with van der Waals surface area (Å²) in [6.07, 6.45) is 7.14. The van der Waals surface area contributed by atoms with Crippen LogP contribution in [0.1, 0.15) is 18.4 Å². The number of nitrogens with zero attached hydrogens (tertiary/aromatic N) is 5. The SMILES string of the molecule is N#Cc1ccc(N2CCC(C(=O)Nc3ccc(-c4cn5ccsc5n4)cc3)CC2)nc1. The summed E-state index contributed by atoms with van der Waals surface area (Å²) in [7, 11) is 0. The number of piperidine rings is 1. The van der Waals surface area contributed by atoms with Crippen molar-refractivity contribution in [3.8, 4) is 17.3 Å². The number of thiazole rings is 1. The Balaban J connectivity index is 1.18. The van der Waals surface area contributed by atoms with Crippen LogP contribution in [-0.4, -0.2) is 33.4 Å². The predicted octanol–water partition coefficient (Wildman–Crippen LogP) is 4.18. The maximum absolute atomic E-state index is 12.7. The molecule has 8 heteroatoms. The molecule has 0 aliphatic carbocycles. The lowest BCUT2D eigenvalue weighted by atomic mass is 9.95. The summed E-state index contributed by atoms with van der Waals surface area (Å²) in [5, 5.41) is 14.0. The molecule has 5 rings (SSSR count). The minimum Gasteiger partial charge on any atom is -0.357 e. The number of hydrogen-bond donors (Lipinski definition) is 1. The first-order valence-corrected chi connectivity index (χ1v) is 11.0. The van der Waals surface area contributed by atoms with Gasteiger partial charge < -0.3 is 10.2 Å². The summed E-state index contributed by atoms with van der Waals surface area (Å²) in [6, 6.07) is 13.6. The highest BCUT2D eigenvalue weighted by atomic mass is 32.1. The van der Waals surface area contributed by atoms with Gasteiger partial charge in [0.2, 0.25) is 5.91 Å². The summed E-state index contributed by atoms with van der Waals surface area (Å²) in [5.41, 5.74) is 3.30. The number of aromatic nitrogens is 3. The Hall–Kier alpha value is -3.70. The number of benzene rings is 1. The Morgan fingerprint density at radius 1 is 1.16 bits per heavy atom. The highest BCUT2D eigenvalue weighted by molar-refractivity contribution is 7.15. The first-order valence-electron chi connectivity index (χ1n) is 10.1. The molecule has 3 aromatic heterocycles. The van der Waals surface area contributed by atoms with Crippen molar-refractivity contribution >= 4 is 33.7 Å². The number of carbonyl (C=O) groups is 1. The van der Waals surface area contributed by atoms with Gasteiger partial charge in [-0.3, -0.25) is 9.20 Å². The topological polar surface area (TPSA) is 86.3 Å². The molecule has 0 atom stereocenters. The molecule has 1 aliphatic heterocycles. The average molecular weight is 429 g/mol. The van der Waals surface area contributed by atoms with Crippen molar-refractivity contribution in [1.82, 2.24) is 14.4 Å². The molecule has 1 amide bonds. The largest absolute Gasteiger partial charge is 0.357 e. The van der Waals surface area contributed by atoms with Crippen molar-refractivity contribution < 1.29 is 4.79 Å². The third-order valence-corrected chi connectivity index (χ3v) is 6.38. The highest BCUT2D eigenvalue weighted by Crippen LogP contribution is 2.25. The van der Waals surface area contributed by atoms with Gasteiger partial charge in [-0.15, -0.1) is 11.3 Å². The van der Waals surface area contributed by atoms with Crippen LogP contribution in [0, 0.1) is 17.2 Å². The monoisotopic (exact) mass is 428 g/mol. The van der Waals surface area contributed by atoms with Crippen molar-refractivity contribution in [1.29, 1.82) is 5.26 Å². The van der Waals surface area contributed by atoms with Crippen LogP contribution in [0.25, 0.3) is 16.2 Å². The number of amides is 1. The number of hydrogen-bond acceptors (Lipinski definition) is 6. The lowest BCUT2D eigenvalue weighted by Gasteiger charge is -2.32. The second-order valence-electron chi connectivity index (χ2n) is 7.56. The van der Waals surface area contributed by atoms with E-state index in [0.717, 1.165) is 53.7 Å². The average Bonchev–Trinajstić information content (AvgIpc) is 3.42. The Kier molecular flexibility index (Phi) is 5.10. The summed E-state index contributed by atoms with van der Waals surface area (Å²) >= 11 is 1.61. The van der Waals surface area contributed by atoms with Crippen LogP contribution in [0.2, 0.25) is 0 Å². The van der Waals surface area contributed by atoms with Gasteiger partial charge in [-0.25, -0.2) is 9.97 Å². The lowest BCUT2D eigenvalue weighted by molar-refractivity contribution is -0.120. The summed E-state index contributed by atoms with van der Waals surface area (Å²) < 4.78 is 2.01. The Bertz CT molecular complexity index is 1220. The fourth-order valence-electron chi connectivity index (χ4n) is 3.85. The van der Waals surface area contributed by atoms with Crippen molar-refractivity contribution in [2.45, 2.75) is 12.8 Å². The van der Waals surface area contributed by atoms with Crippen LogP contribution in [0.15, 0.2) is 60.4 Å². The molecule has 1 fully saturated rings. The fraction of sp³-hybridized carbons (Fsp3) is 0.217. The number of pyridine rings is 1. The molecule has 0 spiro atoms. The zero-order valence-corrected chi connectivity index (χ0v) is 17.5. The van der Waals surface area contributed by atoms with Crippen LogP contribution in [-0.2, 0) is 4.79 Å². The summed E-state index contributed by atoms with van der Waals surface area (Å²) in [6.45, 7) is 1.54. The van der Waals surface area contributed by atoms with Crippen LogP contribution >= 0.6 is 11.3 Å². The van der Waals surface area contributed by atoms with E-state index in [1.54, 1.807) is 23.6 Å². The number of anilines is 2. The zero-order chi connectivity index (χ0) is 21.2. The van der Waals surface area contributed by atoms with Gasteiger partial charge in [-0.05, 0) is 37.1 Å². The summed E-state index contributed by atoms with van der Waals surface area (Å²) in [5.74, 6) is 0.893. The Morgan fingerprint density at radius 2 is 1.97 bits per heavy atom. The molecule has 31 heavy (non-hydrogen) atoms. The number of nitrogens with one attached hydrogen (secondary N) is 1. The third kappa shape index (κ3) is 4.00. The second-order valence-corrected chi connectivity index (χ2v) is 8.44. The molecular formula is C23H20N6OS. The van der Waals surface area contributed by atoms with Crippen LogP contribution in [0.5, 0.6) is 0 Å². The third-order valence-electron chi connectivity index (χ3n) is 5.61. The van der Waals surface area contributed by atoms with Gasteiger partial charge >= 0.3 is 0 Å². The van der Waals surface area contributed by atoms with E-state index in [4.69, 9.17) is 5.26 Å². The molecule has 4 heterocycles. The lowest BCUT2D eigenvalue weighted by Crippen LogP contribution is -2.38. The molecule has 0 unspecified atom stereocenters. The van der Waals surface area contributed by atoms with Crippen LogP contribution < -0.4 is 10.2 Å². The molecule has 0 bridgehead atoms. The smallest absolute Gasteiger partial charge is 0.227 e. The van der Waals surface area contributed by atoms with Gasteiger partial charge in [0.05, 0.1) is 11.3 Å². The number of carbonyl (C=O) groups excluding carboxylic acids is 1. The maximum atomic E-state index is 12.7. The maximum Gasteiger partial charge on any atom is 0.227 e. The van der Waals surface area contributed by atoms with E-state index < -0.39 is 0 Å². The molecule has 154 valence electrons. The van der Waals surface area contributed by atoms with Crippen molar-refractivity contribution in [3.63, 3.8) is 0 Å². The van der Waals surface area contributed by atoms with Crippen molar-refractivity contribution in [2.75, 3.05) is 23.3 Å². The normalized spacial score (nSPS) is 14.5. The van der Waals surface area contributed by atoms with Gasteiger partial charge in [0, 0.05) is 54.2 Å². The van der Waals surface area contributed by atoms with E-state index >= 15 is 0 Å². The van der Waals surface area contributed by atoms with E-state index in [0.29, 0.717) is 5.56 Å². The minimum absolute atomic E-state index is 0.0192. The van der Waals surface area contributed by atoms with Crippen LogP contribution in [0.3, 0.4) is 0 Å². The van der Waals surface area contributed by atoms with Crippen LogP contribution in [0.4, 0.5) is 11.5 Å². The minimum atomic E-state index is -0.0192. The number of imidazole rings is 1. The summed E-state index contributed by atoms with van der Waals surface area (Å²) in [4.78, 5) is 24.8. The van der Waals surface area contributed by atoms with Gasteiger partial charge in [-0.2, -0.15) is 5.26 Å². The first-order chi connectivity index (χ1) is 15.2. The molecule has 0 saturated carbocycles. The molecular weight excluding hydrogens is 408 g/mol. The number of nitriles is 1. The number of fused-ring (bicyclic) bond motifs is 1. The Labute approximate surface area is 183 Å². The van der Waals surface area contributed by atoms with Crippen molar-refractivity contribution in [3.05, 3.63) is 65.9 Å². The molecule has 1 N–H and O–H groups in total. The zero-order valence-electron chi connectivity index (χ0n) is 16.7. The number of rotatable bonds is 4. The quantitative estimate of drug-likeness (QED) is 0.527. The van der Waals surface area contributed by atoms with E-state index in [-0.39, 0.29) is 11.8 Å². The highest BCUT2D eigenvalue weighted by Gasteiger charge is 2.25. The molecule has 1 aromatic carbocycles. The van der Waals surface area contributed by atoms with Gasteiger partial charge in [0.1, 0.15) is 11.9 Å². The predicted molar refractivity (Wildman–Crippen MR) is 121 cm³/mol. The first kappa shape index (κ1) is 19.3. The van der Waals surface area contributed by atoms with Gasteiger partial charge in [-0.1, -0.05) is 12.1 Å². The van der Waals surface area contributed by atoms with Crippen molar-refractivity contribution in [2.24, 2.45) is 5.92 Å².